The zero-order valence-electron chi connectivity index (χ0n) is 15.5. The van der Waals surface area contributed by atoms with E-state index in [0.29, 0.717) is 18.1 Å². The fourth-order valence-corrected chi connectivity index (χ4v) is 2.75. The maximum absolute atomic E-state index is 13.1. The lowest BCUT2D eigenvalue weighted by atomic mass is 9.94. The Bertz CT molecular complexity index is 883. The van der Waals surface area contributed by atoms with Gasteiger partial charge in [0.1, 0.15) is 0 Å². The third kappa shape index (κ3) is 4.66. The van der Waals surface area contributed by atoms with E-state index >= 15 is 0 Å². The van der Waals surface area contributed by atoms with E-state index in [1.54, 1.807) is 47.9 Å². The van der Waals surface area contributed by atoms with E-state index in [0.717, 1.165) is 5.32 Å². The van der Waals surface area contributed by atoms with Gasteiger partial charge < -0.3 is 5.32 Å². The van der Waals surface area contributed by atoms with Gasteiger partial charge in [-0.1, -0.05) is 55.5 Å². The number of carbonyl (C=O) groups is 2. The highest BCUT2D eigenvalue weighted by Crippen LogP contribution is 2.45. The van der Waals surface area contributed by atoms with Gasteiger partial charge in [-0.05, 0) is 23.6 Å². The van der Waals surface area contributed by atoms with E-state index in [2.05, 4.69) is 0 Å². The molecule has 0 aromatic heterocycles. The lowest BCUT2D eigenvalue weighted by Crippen LogP contribution is -2.69. The number of urea groups is 1. The molecule has 2 aromatic rings. The Morgan fingerprint density at radius 2 is 1.33 bits per heavy atom. The van der Waals surface area contributed by atoms with Gasteiger partial charge in [0.15, 0.2) is 0 Å². The van der Waals surface area contributed by atoms with Crippen molar-refractivity contribution in [1.82, 2.24) is 16.2 Å². The summed E-state index contributed by atoms with van der Waals surface area (Å²) >= 11 is 0. The second-order valence-corrected chi connectivity index (χ2v) is 6.20. The third-order valence-electron chi connectivity index (χ3n) is 4.37. The molecule has 0 fully saturated rings. The van der Waals surface area contributed by atoms with E-state index in [4.69, 9.17) is 0 Å². The molecule has 0 aliphatic heterocycles. The molecule has 0 unspecified atom stereocenters. The standard InChI is InChI=1S/C19H17F6N3O2/c1-2-17(18(20,21)22,19(23,24)25)26-16(30)28-27-15(29)14-11-7-6-10-13(14)12-8-4-3-5-9-12/h3-11H,2H2,1H3,(H,27,29)(H2,26,28,30). The van der Waals surface area contributed by atoms with Crippen molar-refractivity contribution in [2.24, 2.45) is 0 Å². The molecule has 5 nitrogen and oxygen atoms in total. The molecule has 0 aliphatic carbocycles. The highest BCUT2D eigenvalue weighted by Gasteiger charge is 2.70. The van der Waals surface area contributed by atoms with Crippen LogP contribution >= 0.6 is 0 Å². The van der Waals surface area contributed by atoms with E-state index in [9.17, 15) is 35.9 Å². The molecule has 3 N–H and O–H groups in total. The Morgan fingerprint density at radius 3 is 1.87 bits per heavy atom. The second-order valence-electron chi connectivity index (χ2n) is 6.20. The summed E-state index contributed by atoms with van der Waals surface area (Å²) in [5.74, 6) is -0.925. The fourth-order valence-electron chi connectivity index (χ4n) is 2.75. The zero-order valence-corrected chi connectivity index (χ0v) is 15.5. The first kappa shape index (κ1) is 23.0. The van der Waals surface area contributed by atoms with Crippen molar-refractivity contribution < 1.29 is 35.9 Å². The number of nitrogens with one attached hydrogen (secondary N) is 3. The molecule has 0 bridgehead atoms. The van der Waals surface area contributed by atoms with Crippen LogP contribution in [0.3, 0.4) is 0 Å². The Balaban J connectivity index is 2.17. The Hall–Kier alpha value is -3.24. The van der Waals surface area contributed by atoms with Crippen LogP contribution in [0.2, 0.25) is 0 Å². The van der Waals surface area contributed by atoms with Gasteiger partial charge in [0, 0.05) is 5.56 Å². The average molecular weight is 433 g/mol. The summed E-state index contributed by atoms with van der Waals surface area (Å²) in [4.78, 5) is 24.1. The first-order chi connectivity index (χ1) is 13.9. The molecule has 0 atom stereocenters. The highest BCUT2D eigenvalue weighted by molar-refractivity contribution is 6.01. The molecule has 3 amide bonds. The summed E-state index contributed by atoms with van der Waals surface area (Å²) in [5.41, 5.74) is 0.0537. The van der Waals surface area contributed by atoms with Crippen LogP contribution in [0.1, 0.15) is 23.7 Å². The van der Waals surface area contributed by atoms with E-state index in [1.807, 2.05) is 5.43 Å². The monoisotopic (exact) mass is 433 g/mol. The summed E-state index contributed by atoms with van der Waals surface area (Å²) < 4.78 is 78.5. The summed E-state index contributed by atoms with van der Waals surface area (Å²) in [7, 11) is 0. The van der Waals surface area contributed by atoms with Crippen LogP contribution in [0.15, 0.2) is 54.6 Å². The van der Waals surface area contributed by atoms with Gasteiger partial charge >= 0.3 is 18.4 Å². The molecule has 162 valence electrons. The lowest BCUT2D eigenvalue weighted by Gasteiger charge is -2.36. The van der Waals surface area contributed by atoms with Crippen LogP contribution < -0.4 is 16.2 Å². The van der Waals surface area contributed by atoms with Crippen molar-refractivity contribution in [1.29, 1.82) is 0 Å². The Labute approximate surface area is 167 Å². The maximum atomic E-state index is 13.1. The van der Waals surface area contributed by atoms with Crippen LogP contribution in [0.25, 0.3) is 11.1 Å². The van der Waals surface area contributed by atoms with Gasteiger partial charge in [0.2, 0.25) is 5.54 Å². The third-order valence-corrected chi connectivity index (χ3v) is 4.37. The molecule has 0 saturated carbocycles. The molecule has 30 heavy (non-hydrogen) atoms. The quantitative estimate of drug-likeness (QED) is 0.488. The number of carbonyl (C=O) groups excluding carboxylic acids is 2. The fraction of sp³-hybridized carbons (Fsp3) is 0.263. The predicted molar refractivity (Wildman–Crippen MR) is 96.1 cm³/mol. The van der Waals surface area contributed by atoms with Crippen molar-refractivity contribution in [3.05, 3.63) is 60.2 Å². The molecule has 0 radical (unpaired) electrons. The minimum Gasteiger partial charge on any atom is -0.315 e. The van der Waals surface area contributed by atoms with Crippen LogP contribution in [0.4, 0.5) is 31.1 Å². The molecule has 11 heteroatoms. The van der Waals surface area contributed by atoms with Gasteiger partial charge in [-0.3, -0.25) is 10.2 Å². The Kier molecular flexibility index (Phi) is 6.63. The SMILES string of the molecule is CCC(NC(=O)NNC(=O)c1ccccc1-c1ccccc1)(C(F)(F)F)C(F)(F)F. The van der Waals surface area contributed by atoms with Gasteiger partial charge in [-0.25, -0.2) is 10.2 Å². The van der Waals surface area contributed by atoms with Crippen molar-refractivity contribution in [3.8, 4) is 11.1 Å². The number of rotatable bonds is 4. The van der Waals surface area contributed by atoms with Crippen molar-refractivity contribution in [2.75, 3.05) is 0 Å². The first-order valence-electron chi connectivity index (χ1n) is 8.59. The molecular weight excluding hydrogens is 416 g/mol. The van der Waals surface area contributed by atoms with Crippen molar-refractivity contribution in [3.63, 3.8) is 0 Å². The largest absolute Gasteiger partial charge is 0.420 e. The first-order valence-corrected chi connectivity index (χ1v) is 8.59. The minimum absolute atomic E-state index is 0.0531. The summed E-state index contributed by atoms with van der Waals surface area (Å²) in [5, 5.41) is 0.898. The van der Waals surface area contributed by atoms with Crippen LogP contribution in [0, 0.1) is 0 Å². The van der Waals surface area contributed by atoms with Gasteiger partial charge in [0.25, 0.3) is 5.91 Å². The molecule has 0 aliphatic rings. The lowest BCUT2D eigenvalue weighted by molar-refractivity contribution is -0.304. The van der Waals surface area contributed by atoms with E-state index in [1.165, 1.54) is 12.1 Å². The highest BCUT2D eigenvalue weighted by atomic mass is 19.4. The molecule has 0 spiro atoms. The number of benzene rings is 2. The van der Waals surface area contributed by atoms with Crippen molar-refractivity contribution >= 4 is 11.9 Å². The second kappa shape index (κ2) is 8.64. The van der Waals surface area contributed by atoms with Gasteiger partial charge in [0.05, 0.1) is 0 Å². The zero-order chi connectivity index (χ0) is 22.6. The van der Waals surface area contributed by atoms with E-state index < -0.39 is 36.3 Å². The van der Waals surface area contributed by atoms with Crippen LogP contribution in [-0.4, -0.2) is 29.8 Å². The number of hydrazine groups is 1. The van der Waals surface area contributed by atoms with Gasteiger partial charge in [-0.2, -0.15) is 26.3 Å². The van der Waals surface area contributed by atoms with Gasteiger partial charge in [-0.15, -0.1) is 0 Å². The summed E-state index contributed by atoms with van der Waals surface area (Å²) in [6.45, 7) is 0.635. The van der Waals surface area contributed by atoms with Crippen molar-refractivity contribution in [2.45, 2.75) is 31.2 Å². The molecular formula is C19H17F6N3O2. The number of halogens is 6. The normalized spacial score (nSPS) is 12.2. The number of hydrogen-bond donors (Lipinski definition) is 3. The summed E-state index contributed by atoms with van der Waals surface area (Å²) in [6, 6.07) is 12.9. The predicted octanol–water partition coefficient (Wildman–Crippen LogP) is 4.57. The molecule has 2 aromatic carbocycles. The average Bonchev–Trinajstić information content (AvgIpc) is 2.69. The number of alkyl halides is 6. The van der Waals surface area contributed by atoms with E-state index in [-0.39, 0.29) is 5.56 Å². The number of amides is 3. The molecule has 2 rings (SSSR count). The van der Waals surface area contributed by atoms with Crippen LogP contribution in [0.5, 0.6) is 0 Å². The molecule has 0 heterocycles. The smallest absolute Gasteiger partial charge is 0.315 e. The summed E-state index contributed by atoms with van der Waals surface area (Å²) in [6.07, 6.45) is -13.1. The topological polar surface area (TPSA) is 70.2 Å². The number of hydrogen-bond acceptors (Lipinski definition) is 2. The Morgan fingerprint density at radius 1 is 0.800 bits per heavy atom. The maximum Gasteiger partial charge on any atom is 0.420 e. The minimum atomic E-state index is -5.80. The molecule has 0 saturated heterocycles. The van der Waals surface area contributed by atoms with Crippen LogP contribution in [-0.2, 0) is 0 Å².